The van der Waals surface area contributed by atoms with Crippen LogP contribution in [0.25, 0.3) is 6.08 Å². The number of hydrogen-bond donors (Lipinski definition) is 1. The van der Waals surface area contributed by atoms with Crippen molar-refractivity contribution in [2.45, 2.75) is 4.90 Å². The summed E-state index contributed by atoms with van der Waals surface area (Å²) in [6, 6.07) is 11.8. The first-order valence-electron chi connectivity index (χ1n) is 7.11. The van der Waals surface area contributed by atoms with E-state index >= 15 is 0 Å². The number of benzene rings is 2. The number of ether oxygens (including phenoxy) is 1. The van der Waals surface area contributed by atoms with E-state index in [1.54, 1.807) is 6.08 Å². The van der Waals surface area contributed by atoms with Crippen molar-refractivity contribution in [1.29, 1.82) is 0 Å². The van der Waals surface area contributed by atoms with E-state index in [9.17, 15) is 4.79 Å². The monoisotopic (exact) mass is 561 g/mol. The first kappa shape index (κ1) is 17.8. The van der Waals surface area contributed by atoms with Gasteiger partial charge in [-0.3, -0.25) is 4.79 Å². The van der Waals surface area contributed by atoms with Crippen LogP contribution < -0.4 is 10.1 Å². The van der Waals surface area contributed by atoms with Gasteiger partial charge in [-0.2, -0.15) is 0 Å². The average molecular weight is 561 g/mol. The minimum Gasteiger partial charge on any atom is -0.487 e. The molecule has 0 bridgehead atoms. The zero-order chi connectivity index (χ0) is 17.1. The number of nitrogens with one attached hydrogen (secondary N) is 1. The number of carbonyl (C=O) groups excluding carboxylic acids is 1. The van der Waals surface area contributed by atoms with Crippen LogP contribution in [0.3, 0.4) is 0 Å². The van der Waals surface area contributed by atoms with Gasteiger partial charge in [0, 0.05) is 4.90 Å². The van der Waals surface area contributed by atoms with E-state index in [1.807, 2.05) is 42.5 Å². The third-order valence-electron chi connectivity index (χ3n) is 3.24. The predicted molar refractivity (Wildman–Crippen MR) is 116 cm³/mol. The normalized spacial score (nSPS) is 14.9. The molecule has 0 saturated heterocycles. The standard InChI is InChI=1S/C18H13I2NO2S/c1-2-7-23-17-12(19)8-11(9-13(17)20)10-16-18(22)21-14-5-3-4-6-15(14)24-16/h2-6,8-10H,1,7H2,(H,21,22)/b16-10-. The van der Waals surface area contributed by atoms with Crippen molar-refractivity contribution in [3.05, 3.63) is 66.7 Å². The van der Waals surface area contributed by atoms with Crippen LogP contribution in [0.2, 0.25) is 0 Å². The van der Waals surface area contributed by atoms with Crippen LogP contribution in [0.1, 0.15) is 5.56 Å². The van der Waals surface area contributed by atoms with Crippen LogP contribution in [0.15, 0.2) is 58.9 Å². The number of anilines is 1. The van der Waals surface area contributed by atoms with Crippen molar-refractivity contribution < 1.29 is 9.53 Å². The van der Waals surface area contributed by atoms with E-state index in [-0.39, 0.29) is 5.91 Å². The first-order valence-corrected chi connectivity index (χ1v) is 10.1. The predicted octanol–water partition coefficient (Wildman–Crippen LogP) is 5.55. The molecule has 1 N–H and O–H groups in total. The molecule has 0 saturated carbocycles. The van der Waals surface area contributed by atoms with Gasteiger partial charge in [-0.25, -0.2) is 0 Å². The van der Waals surface area contributed by atoms with Gasteiger partial charge in [-0.1, -0.05) is 36.5 Å². The number of para-hydroxylation sites is 1. The smallest absolute Gasteiger partial charge is 0.262 e. The third kappa shape index (κ3) is 3.97. The summed E-state index contributed by atoms with van der Waals surface area (Å²) >= 11 is 5.99. The van der Waals surface area contributed by atoms with Gasteiger partial charge in [0.25, 0.3) is 5.91 Å². The molecule has 3 nitrogen and oxygen atoms in total. The van der Waals surface area contributed by atoms with E-state index in [0.717, 1.165) is 29.0 Å². The van der Waals surface area contributed by atoms with Crippen molar-refractivity contribution in [2.75, 3.05) is 11.9 Å². The van der Waals surface area contributed by atoms with Crippen molar-refractivity contribution >= 4 is 74.6 Å². The lowest BCUT2D eigenvalue weighted by molar-refractivity contribution is -0.112. The van der Waals surface area contributed by atoms with E-state index < -0.39 is 0 Å². The van der Waals surface area contributed by atoms with Crippen molar-refractivity contribution in [3.8, 4) is 5.75 Å². The molecule has 3 rings (SSSR count). The fourth-order valence-electron chi connectivity index (χ4n) is 2.20. The summed E-state index contributed by atoms with van der Waals surface area (Å²) < 4.78 is 7.71. The highest BCUT2D eigenvalue weighted by Crippen LogP contribution is 2.39. The van der Waals surface area contributed by atoms with Crippen LogP contribution in [0.5, 0.6) is 5.75 Å². The van der Waals surface area contributed by atoms with Gasteiger partial charge in [0.15, 0.2) is 0 Å². The number of thioether (sulfide) groups is 1. The Morgan fingerprint density at radius 3 is 2.62 bits per heavy atom. The fraction of sp³-hybridized carbons (Fsp3) is 0.0556. The molecule has 0 atom stereocenters. The zero-order valence-electron chi connectivity index (χ0n) is 12.5. The summed E-state index contributed by atoms with van der Waals surface area (Å²) in [5.41, 5.74) is 1.84. The van der Waals surface area contributed by atoms with Gasteiger partial charge >= 0.3 is 0 Å². The molecule has 2 aromatic carbocycles. The lowest BCUT2D eigenvalue weighted by atomic mass is 10.2. The SMILES string of the molecule is C=CCOc1c(I)cc(/C=C2\Sc3ccccc3NC2=O)cc1I. The Labute approximate surface area is 172 Å². The quantitative estimate of drug-likeness (QED) is 0.303. The van der Waals surface area contributed by atoms with Crippen LogP contribution in [-0.4, -0.2) is 12.5 Å². The minimum atomic E-state index is -0.0734. The summed E-state index contributed by atoms with van der Waals surface area (Å²) in [7, 11) is 0. The highest BCUT2D eigenvalue weighted by atomic mass is 127. The van der Waals surface area contributed by atoms with Gasteiger partial charge in [0.2, 0.25) is 0 Å². The second-order valence-electron chi connectivity index (χ2n) is 4.97. The Balaban J connectivity index is 1.91. The van der Waals surface area contributed by atoms with Gasteiger partial charge in [0.1, 0.15) is 12.4 Å². The number of halogens is 2. The number of hydrogen-bond acceptors (Lipinski definition) is 3. The lowest BCUT2D eigenvalue weighted by Crippen LogP contribution is -2.17. The highest BCUT2D eigenvalue weighted by molar-refractivity contribution is 14.1. The molecule has 0 spiro atoms. The van der Waals surface area contributed by atoms with Crippen molar-refractivity contribution in [2.24, 2.45) is 0 Å². The Bertz CT molecular complexity index is 826. The zero-order valence-corrected chi connectivity index (χ0v) is 17.6. The van der Waals surface area contributed by atoms with Gasteiger partial charge in [-0.05, 0) is 81.1 Å². The number of rotatable bonds is 4. The van der Waals surface area contributed by atoms with E-state index in [4.69, 9.17) is 4.74 Å². The molecule has 0 aliphatic carbocycles. The van der Waals surface area contributed by atoms with E-state index in [2.05, 4.69) is 57.1 Å². The maximum atomic E-state index is 12.3. The van der Waals surface area contributed by atoms with Gasteiger partial charge in [0.05, 0.1) is 17.7 Å². The second-order valence-corrected chi connectivity index (χ2v) is 8.38. The van der Waals surface area contributed by atoms with Gasteiger partial charge in [-0.15, -0.1) is 0 Å². The topological polar surface area (TPSA) is 38.3 Å². The van der Waals surface area contributed by atoms with E-state index in [1.165, 1.54) is 11.8 Å². The maximum absolute atomic E-state index is 12.3. The van der Waals surface area contributed by atoms with Crippen molar-refractivity contribution in [1.82, 2.24) is 0 Å². The Morgan fingerprint density at radius 2 is 1.92 bits per heavy atom. The summed E-state index contributed by atoms with van der Waals surface area (Å²) in [5, 5.41) is 2.93. The molecule has 0 radical (unpaired) electrons. The minimum absolute atomic E-state index is 0.0734. The second kappa shape index (κ2) is 7.92. The lowest BCUT2D eigenvalue weighted by Gasteiger charge is -2.18. The molecule has 0 unspecified atom stereocenters. The summed E-state index contributed by atoms with van der Waals surface area (Å²) in [6.45, 7) is 4.14. The molecule has 1 aliphatic heterocycles. The van der Waals surface area contributed by atoms with E-state index in [0.29, 0.717) is 11.5 Å². The molecule has 2 aromatic rings. The summed E-state index contributed by atoms with van der Waals surface area (Å²) in [6.07, 6.45) is 3.64. The molecular formula is C18H13I2NO2S. The Hall–Kier alpha value is -1.00. The number of amides is 1. The van der Waals surface area contributed by atoms with Gasteiger partial charge < -0.3 is 10.1 Å². The average Bonchev–Trinajstić information content (AvgIpc) is 2.55. The molecule has 1 aliphatic rings. The molecule has 1 heterocycles. The highest BCUT2D eigenvalue weighted by Gasteiger charge is 2.20. The molecule has 1 amide bonds. The third-order valence-corrected chi connectivity index (χ3v) is 5.94. The molecule has 0 fully saturated rings. The molecule has 122 valence electrons. The molecule has 24 heavy (non-hydrogen) atoms. The largest absolute Gasteiger partial charge is 0.487 e. The maximum Gasteiger partial charge on any atom is 0.262 e. The van der Waals surface area contributed by atoms with Crippen LogP contribution in [-0.2, 0) is 4.79 Å². The summed E-state index contributed by atoms with van der Waals surface area (Å²) in [4.78, 5) is 14.0. The van der Waals surface area contributed by atoms with Crippen LogP contribution in [0, 0.1) is 7.14 Å². The van der Waals surface area contributed by atoms with Crippen LogP contribution in [0.4, 0.5) is 5.69 Å². The molecule has 6 heteroatoms. The fourth-order valence-corrected chi connectivity index (χ4v) is 5.28. The number of fused-ring (bicyclic) bond motifs is 1. The van der Waals surface area contributed by atoms with Crippen molar-refractivity contribution in [3.63, 3.8) is 0 Å². The summed E-state index contributed by atoms with van der Waals surface area (Å²) in [5.74, 6) is 0.778. The molecular weight excluding hydrogens is 548 g/mol. The first-order chi connectivity index (χ1) is 11.6. The number of carbonyl (C=O) groups is 1. The molecule has 0 aromatic heterocycles. The Morgan fingerprint density at radius 1 is 1.21 bits per heavy atom. The van der Waals surface area contributed by atoms with Crippen LogP contribution >= 0.6 is 56.9 Å². The Kier molecular flexibility index (Phi) is 5.88.